The zero-order chi connectivity index (χ0) is 16.5. The number of carbonyl (C=O) groups excluding carboxylic acids is 3. The highest BCUT2D eigenvalue weighted by molar-refractivity contribution is 5.94. The third kappa shape index (κ3) is 6.21. The smallest absolute Gasteiger partial charge is 0.328 e. The van der Waals surface area contributed by atoms with E-state index in [1.54, 1.807) is 20.2 Å². The van der Waals surface area contributed by atoms with Crippen molar-refractivity contribution < 1.29 is 19.1 Å². The van der Waals surface area contributed by atoms with Gasteiger partial charge in [-0.05, 0) is 18.6 Å². The molecular formula is C16H20N2O4. The van der Waals surface area contributed by atoms with Crippen LogP contribution >= 0.6 is 0 Å². The van der Waals surface area contributed by atoms with E-state index < -0.39 is 17.9 Å². The van der Waals surface area contributed by atoms with Gasteiger partial charge in [-0.1, -0.05) is 30.3 Å². The number of ether oxygens (including phenoxy) is 1. The maximum atomic E-state index is 11.7. The first-order valence-corrected chi connectivity index (χ1v) is 6.80. The SMILES string of the molecule is C[C@H](NC(=O)/C=C/c1ccccc1)C(=O)OCC(=O)N(C)C. The summed E-state index contributed by atoms with van der Waals surface area (Å²) in [6.07, 6.45) is 2.98. The van der Waals surface area contributed by atoms with Gasteiger partial charge in [0.2, 0.25) is 5.91 Å². The Labute approximate surface area is 129 Å². The number of amides is 2. The summed E-state index contributed by atoms with van der Waals surface area (Å²) in [6.45, 7) is 1.16. The van der Waals surface area contributed by atoms with Crippen molar-refractivity contribution in [2.24, 2.45) is 0 Å². The molecule has 1 aromatic rings. The molecule has 0 aromatic heterocycles. The molecule has 0 aliphatic rings. The van der Waals surface area contributed by atoms with Gasteiger partial charge in [0, 0.05) is 20.2 Å². The fourth-order valence-electron chi connectivity index (χ4n) is 1.44. The number of rotatable bonds is 6. The molecule has 0 unspecified atom stereocenters. The molecule has 1 atom stereocenters. The van der Waals surface area contributed by atoms with Crippen LogP contribution in [0.15, 0.2) is 36.4 Å². The second kappa shape index (κ2) is 8.61. The van der Waals surface area contributed by atoms with Gasteiger partial charge in [0.1, 0.15) is 6.04 Å². The molecule has 0 heterocycles. The quantitative estimate of drug-likeness (QED) is 0.624. The van der Waals surface area contributed by atoms with Crippen LogP contribution in [0.2, 0.25) is 0 Å². The van der Waals surface area contributed by atoms with Gasteiger partial charge in [0.15, 0.2) is 6.61 Å². The fourth-order valence-corrected chi connectivity index (χ4v) is 1.44. The van der Waals surface area contributed by atoms with Gasteiger partial charge in [-0.25, -0.2) is 4.79 Å². The van der Waals surface area contributed by atoms with Crippen LogP contribution in [-0.2, 0) is 19.1 Å². The maximum absolute atomic E-state index is 11.7. The van der Waals surface area contributed by atoms with E-state index in [4.69, 9.17) is 4.74 Å². The second-order valence-electron chi connectivity index (χ2n) is 4.87. The molecule has 1 rings (SSSR count). The van der Waals surface area contributed by atoms with E-state index in [0.717, 1.165) is 5.56 Å². The van der Waals surface area contributed by atoms with Crippen LogP contribution in [0.25, 0.3) is 6.08 Å². The number of benzene rings is 1. The predicted molar refractivity (Wildman–Crippen MR) is 82.7 cm³/mol. The Morgan fingerprint density at radius 1 is 1.23 bits per heavy atom. The van der Waals surface area contributed by atoms with Gasteiger partial charge in [0.25, 0.3) is 5.91 Å². The van der Waals surface area contributed by atoms with Crippen LogP contribution in [0, 0.1) is 0 Å². The lowest BCUT2D eigenvalue weighted by atomic mass is 10.2. The Bertz CT molecular complexity index is 553. The molecule has 0 saturated heterocycles. The van der Waals surface area contributed by atoms with Gasteiger partial charge >= 0.3 is 5.97 Å². The lowest BCUT2D eigenvalue weighted by molar-refractivity contribution is -0.153. The normalized spacial score (nSPS) is 11.8. The summed E-state index contributed by atoms with van der Waals surface area (Å²) in [5.41, 5.74) is 0.879. The zero-order valence-electron chi connectivity index (χ0n) is 12.9. The molecule has 0 fully saturated rings. The summed E-state index contributed by atoms with van der Waals surface area (Å²) in [6, 6.07) is 8.48. The second-order valence-corrected chi connectivity index (χ2v) is 4.87. The number of carbonyl (C=O) groups is 3. The third-order valence-corrected chi connectivity index (χ3v) is 2.78. The van der Waals surface area contributed by atoms with Crippen LogP contribution in [0.3, 0.4) is 0 Å². The number of nitrogens with zero attached hydrogens (tertiary/aromatic N) is 1. The highest BCUT2D eigenvalue weighted by atomic mass is 16.5. The molecule has 2 amide bonds. The average molecular weight is 304 g/mol. The molecule has 0 spiro atoms. The van der Waals surface area contributed by atoms with E-state index in [-0.39, 0.29) is 12.5 Å². The van der Waals surface area contributed by atoms with Crippen molar-refractivity contribution in [3.05, 3.63) is 42.0 Å². The van der Waals surface area contributed by atoms with Gasteiger partial charge < -0.3 is 15.0 Å². The average Bonchev–Trinajstić information content (AvgIpc) is 2.51. The van der Waals surface area contributed by atoms with Crippen molar-refractivity contribution in [2.45, 2.75) is 13.0 Å². The summed E-state index contributed by atoms with van der Waals surface area (Å²) >= 11 is 0. The molecule has 22 heavy (non-hydrogen) atoms. The summed E-state index contributed by atoms with van der Waals surface area (Å²) in [5, 5.41) is 2.48. The van der Waals surface area contributed by atoms with Crippen LogP contribution in [0.1, 0.15) is 12.5 Å². The Hall–Kier alpha value is -2.63. The van der Waals surface area contributed by atoms with Gasteiger partial charge in [0.05, 0.1) is 0 Å². The standard InChI is InChI=1S/C16H20N2O4/c1-12(16(21)22-11-15(20)18(2)3)17-14(19)10-9-13-7-5-4-6-8-13/h4-10,12H,11H2,1-3H3,(H,17,19)/b10-9+/t12-/m0/s1. The maximum Gasteiger partial charge on any atom is 0.328 e. The largest absolute Gasteiger partial charge is 0.454 e. The first-order valence-electron chi connectivity index (χ1n) is 6.80. The van der Waals surface area contributed by atoms with Crippen molar-refractivity contribution in [1.29, 1.82) is 0 Å². The number of likely N-dealkylation sites (N-methyl/N-ethyl adjacent to an activating group) is 1. The predicted octanol–water partition coefficient (Wildman–Crippen LogP) is 0.836. The molecule has 1 aromatic carbocycles. The van der Waals surface area contributed by atoms with Crippen LogP contribution in [-0.4, -0.2) is 49.4 Å². The van der Waals surface area contributed by atoms with E-state index in [1.165, 1.54) is 17.9 Å². The first kappa shape index (κ1) is 17.4. The van der Waals surface area contributed by atoms with E-state index in [0.29, 0.717) is 0 Å². The minimum atomic E-state index is -0.831. The van der Waals surface area contributed by atoms with Crippen molar-refractivity contribution >= 4 is 23.9 Å². The number of esters is 1. The molecule has 1 N–H and O–H groups in total. The van der Waals surface area contributed by atoms with Crippen LogP contribution in [0.5, 0.6) is 0 Å². The number of hydrogen-bond donors (Lipinski definition) is 1. The van der Waals surface area contributed by atoms with Gasteiger partial charge in [-0.15, -0.1) is 0 Å². The lowest BCUT2D eigenvalue weighted by Crippen LogP contribution is -2.40. The van der Waals surface area contributed by atoms with Gasteiger partial charge in [-0.2, -0.15) is 0 Å². The first-order chi connectivity index (χ1) is 10.4. The highest BCUT2D eigenvalue weighted by Crippen LogP contribution is 2.00. The molecule has 0 aliphatic heterocycles. The molecule has 0 saturated carbocycles. The molecule has 6 heteroatoms. The van der Waals surface area contributed by atoms with Crippen LogP contribution in [0.4, 0.5) is 0 Å². The Morgan fingerprint density at radius 2 is 1.86 bits per heavy atom. The van der Waals surface area contributed by atoms with Crippen molar-refractivity contribution in [3.8, 4) is 0 Å². The van der Waals surface area contributed by atoms with E-state index in [1.807, 2.05) is 30.3 Å². The topological polar surface area (TPSA) is 75.7 Å². The summed E-state index contributed by atoms with van der Waals surface area (Å²) < 4.78 is 4.82. The van der Waals surface area contributed by atoms with Crippen molar-refractivity contribution in [3.63, 3.8) is 0 Å². The zero-order valence-corrected chi connectivity index (χ0v) is 12.9. The molecule has 0 bridgehead atoms. The highest BCUT2D eigenvalue weighted by Gasteiger charge is 2.17. The molecule has 118 valence electrons. The fraction of sp³-hybridized carbons (Fsp3) is 0.312. The summed E-state index contributed by atoms with van der Waals surface area (Å²) in [5.74, 6) is -1.39. The lowest BCUT2D eigenvalue weighted by Gasteiger charge is -2.14. The summed E-state index contributed by atoms with van der Waals surface area (Å²) in [7, 11) is 3.13. The number of nitrogens with one attached hydrogen (secondary N) is 1. The van der Waals surface area contributed by atoms with E-state index in [2.05, 4.69) is 5.32 Å². The van der Waals surface area contributed by atoms with Crippen molar-refractivity contribution in [1.82, 2.24) is 10.2 Å². The Morgan fingerprint density at radius 3 is 2.45 bits per heavy atom. The van der Waals surface area contributed by atoms with E-state index >= 15 is 0 Å². The summed E-state index contributed by atoms with van der Waals surface area (Å²) in [4.78, 5) is 36.0. The molecule has 6 nitrogen and oxygen atoms in total. The van der Waals surface area contributed by atoms with Crippen LogP contribution < -0.4 is 5.32 Å². The van der Waals surface area contributed by atoms with E-state index in [9.17, 15) is 14.4 Å². The minimum Gasteiger partial charge on any atom is -0.454 e. The van der Waals surface area contributed by atoms with Crippen molar-refractivity contribution in [2.75, 3.05) is 20.7 Å². The van der Waals surface area contributed by atoms with Gasteiger partial charge in [-0.3, -0.25) is 9.59 Å². The Balaban J connectivity index is 2.41. The molecular weight excluding hydrogens is 284 g/mol. The molecule has 0 radical (unpaired) electrons. The monoisotopic (exact) mass is 304 g/mol. The number of hydrogen-bond acceptors (Lipinski definition) is 4. The Kier molecular flexibility index (Phi) is 6.82. The third-order valence-electron chi connectivity index (χ3n) is 2.78. The minimum absolute atomic E-state index is 0.323. The molecule has 0 aliphatic carbocycles.